The molecule has 2 rings (SSSR count). The number of hydrogen-bond acceptors (Lipinski definition) is 2. The number of halogens is 2. The van der Waals surface area contributed by atoms with E-state index >= 15 is 0 Å². The zero-order valence-corrected chi connectivity index (χ0v) is 11.8. The van der Waals surface area contributed by atoms with Gasteiger partial charge in [0.25, 0.3) is 0 Å². The quantitative estimate of drug-likeness (QED) is 0.912. The Bertz CT molecular complexity index is 389. The fraction of sp³-hybridized carbons (Fsp3) is 0.571. The third-order valence-electron chi connectivity index (χ3n) is 3.27. The minimum atomic E-state index is -0.427. The molecule has 4 heteroatoms. The molecule has 0 amide bonds. The minimum Gasteiger partial charge on any atom is -0.393 e. The molecule has 2 nitrogen and oxygen atoms in total. The van der Waals surface area contributed by atoms with E-state index in [4.69, 9.17) is 27.9 Å². The van der Waals surface area contributed by atoms with Gasteiger partial charge in [0.1, 0.15) is 0 Å². The van der Waals surface area contributed by atoms with E-state index in [1.165, 1.54) is 6.42 Å². The molecule has 0 bridgehead atoms. The Morgan fingerprint density at radius 3 is 2.89 bits per heavy atom. The Balaban J connectivity index is 1.89. The summed E-state index contributed by atoms with van der Waals surface area (Å²) in [7, 11) is 0. The molecule has 1 N–H and O–H groups in total. The maximum absolute atomic E-state index is 10.1. The first-order valence-electron chi connectivity index (χ1n) is 6.39. The summed E-state index contributed by atoms with van der Waals surface area (Å²) in [6, 6.07) is 5.34. The predicted molar refractivity (Wildman–Crippen MR) is 74.4 cm³/mol. The third kappa shape index (κ3) is 4.13. The summed E-state index contributed by atoms with van der Waals surface area (Å²) in [4.78, 5) is 0. The SMILES string of the molecule is OC(Cc1cc(Cl)ccc1Cl)CC1CCCCO1. The van der Waals surface area contributed by atoms with Gasteiger partial charge in [0.15, 0.2) is 0 Å². The molecular formula is C14H18Cl2O2. The van der Waals surface area contributed by atoms with Gasteiger partial charge in [-0.2, -0.15) is 0 Å². The largest absolute Gasteiger partial charge is 0.393 e. The highest BCUT2D eigenvalue weighted by Crippen LogP contribution is 2.24. The fourth-order valence-corrected chi connectivity index (χ4v) is 2.72. The Morgan fingerprint density at radius 2 is 2.17 bits per heavy atom. The molecule has 2 atom stereocenters. The summed E-state index contributed by atoms with van der Waals surface area (Å²) in [5, 5.41) is 11.4. The van der Waals surface area contributed by atoms with Crippen LogP contribution in [0.1, 0.15) is 31.2 Å². The van der Waals surface area contributed by atoms with Crippen molar-refractivity contribution in [3.63, 3.8) is 0 Å². The lowest BCUT2D eigenvalue weighted by atomic mass is 9.99. The van der Waals surface area contributed by atoms with E-state index in [-0.39, 0.29) is 6.10 Å². The summed E-state index contributed by atoms with van der Waals surface area (Å²) >= 11 is 12.0. The van der Waals surface area contributed by atoms with E-state index in [1.807, 2.05) is 6.07 Å². The molecule has 0 aromatic heterocycles. The van der Waals surface area contributed by atoms with Crippen molar-refractivity contribution in [1.29, 1.82) is 0 Å². The second-order valence-corrected chi connectivity index (χ2v) is 5.66. The molecule has 1 aromatic rings. The van der Waals surface area contributed by atoms with Crippen molar-refractivity contribution in [2.75, 3.05) is 6.61 Å². The van der Waals surface area contributed by atoms with Crippen molar-refractivity contribution in [3.8, 4) is 0 Å². The van der Waals surface area contributed by atoms with E-state index in [1.54, 1.807) is 12.1 Å². The molecule has 0 spiro atoms. The maximum atomic E-state index is 10.1. The average molecular weight is 289 g/mol. The molecule has 0 aliphatic carbocycles. The van der Waals surface area contributed by atoms with Crippen LogP contribution in [0.4, 0.5) is 0 Å². The van der Waals surface area contributed by atoms with Crippen molar-refractivity contribution in [3.05, 3.63) is 33.8 Å². The van der Waals surface area contributed by atoms with Crippen LogP contribution in [0.2, 0.25) is 10.0 Å². The average Bonchev–Trinajstić information content (AvgIpc) is 2.35. The number of aliphatic hydroxyl groups excluding tert-OH is 1. The number of rotatable bonds is 4. The number of ether oxygens (including phenoxy) is 1. The molecule has 1 fully saturated rings. The first-order chi connectivity index (χ1) is 8.65. The predicted octanol–water partition coefficient (Wildman–Crippen LogP) is 3.86. The molecule has 18 heavy (non-hydrogen) atoms. The molecule has 0 radical (unpaired) electrons. The van der Waals surface area contributed by atoms with E-state index in [2.05, 4.69) is 0 Å². The molecule has 100 valence electrons. The van der Waals surface area contributed by atoms with Crippen LogP contribution >= 0.6 is 23.2 Å². The Morgan fingerprint density at radius 1 is 1.33 bits per heavy atom. The molecule has 1 aliphatic heterocycles. The van der Waals surface area contributed by atoms with Crippen LogP contribution < -0.4 is 0 Å². The molecule has 0 saturated carbocycles. The lowest BCUT2D eigenvalue weighted by Crippen LogP contribution is -2.25. The van der Waals surface area contributed by atoms with Gasteiger partial charge in [0.05, 0.1) is 12.2 Å². The highest BCUT2D eigenvalue weighted by molar-refractivity contribution is 6.33. The van der Waals surface area contributed by atoms with Gasteiger partial charge in [-0.05, 0) is 55.9 Å². The van der Waals surface area contributed by atoms with Gasteiger partial charge in [0.2, 0.25) is 0 Å². The smallest absolute Gasteiger partial charge is 0.0605 e. The van der Waals surface area contributed by atoms with Crippen LogP contribution in [0.15, 0.2) is 18.2 Å². The van der Waals surface area contributed by atoms with Crippen molar-refractivity contribution in [2.45, 2.75) is 44.3 Å². The van der Waals surface area contributed by atoms with Gasteiger partial charge in [-0.3, -0.25) is 0 Å². The van der Waals surface area contributed by atoms with Gasteiger partial charge in [0, 0.05) is 16.7 Å². The number of hydrogen-bond donors (Lipinski definition) is 1. The van der Waals surface area contributed by atoms with Crippen LogP contribution in [0.25, 0.3) is 0 Å². The van der Waals surface area contributed by atoms with Crippen molar-refractivity contribution in [1.82, 2.24) is 0 Å². The zero-order chi connectivity index (χ0) is 13.0. The molecule has 1 saturated heterocycles. The van der Waals surface area contributed by atoms with Crippen LogP contribution in [0, 0.1) is 0 Å². The van der Waals surface area contributed by atoms with Gasteiger partial charge < -0.3 is 9.84 Å². The number of aliphatic hydroxyl groups is 1. The summed E-state index contributed by atoms with van der Waals surface area (Å²) < 4.78 is 5.62. The van der Waals surface area contributed by atoms with Crippen LogP contribution in [-0.4, -0.2) is 23.9 Å². The van der Waals surface area contributed by atoms with Gasteiger partial charge in [-0.1, -0.05) is 23.2 Å². The highest BCUT2D eigenvalue weighted by atomic mass is 35.5. The first-order valence-corrected chi connectivity index (χ1v) is 7.14. The lowest BCUT2D eigenvalue weighted by molar-refractivity contribution is -0.0147. The standard InChI is InChI=1S/C14H18Cl2O2/c15-11-4-5-14(16)10(7-11)8-12(17)9-13-3-1-2-6-18-13/h4-5,7,12-13,17H,1-3,6,8-9H2. The lowest BCUT2D eigenvalue weighted by Gasteiger charge is -2.24. The van der Waals surface area contributed by atoms with Crippen molar-refractivity contribution >= 4 is 23.2 Å². The summed E-state index contributed by atoms with van der Waals surface area (Å²) in [5.74, 6) is 0. The first kappa shape index (κ1) is 14.1. The van der Waals surface area contributed by atoms with E-state index < -0.39 is 6.10 Å². The number of benzene rings is 1. The highest BCUT2D eigenvalue weighted by Gasteiger charge is 2.19. The summed E-state index contributed by atoms with van der Waals surface area (Å²) in [6.45, 7) is 0.815. The second kappa shape index (κ2) is 6.76. The molecule has 1 aromatic carbocycles. The topological polar surface area (TPSA) is 29.5 Å². The van der Waals surface area contributed by atoms with Crippen LogP contribution in [0.3, 0.4) is 0 Å². The Kier molecular flexibility index (Phi) is 5.31. The third-order valence-corrected chi connectivity index (χ3v) is 3.88. The Labute approximate surface area is 118 Å². The normalized spacial score (nSPS) is 21.8. The van der Waals surface area contributed by atoms with Gasteiger partial charge >= 0.3 is 0 Å². The zero-order valence-electron chi connectivity index (χ0n) is 10.2. The summed E-state index contributed by atoms with van der Waals surface area (Å²) in [5.41, 5.74) is 0.896. The summed E-state index contributed by atoms with van der Waals surface area (Å²) in [6.07, 6.45) is 4.32. The van der Waals surface area contributed by atoms with Crippen molar-refractivity contribution in [2.24, 2.45) is 0 Å². The molecular weight excluding hydrogens is 271 g/mol. The minimum absolute atomic E-state index is 0.187. The molecule has 1 heterocycles. The van der Waals surface area contributed by atoms with Crippen molar-refractivity contribution < 1.29 is 9.84 Å². The van der Waals surface area contributed by atoms with Gasteiger partial charge in [-0.15, -0.1) is 0 Å². The van der Waals surface area contributed by atoms with E-state index in [0.29, 0.717) is 22.9 Å². The van der Waals surface area contributed by atoms with Crippen LogP contribution in [0.5, 0.6) is 0 Å². The van der Waals surface area contributed by atoms with E-state index in [0.717, 1.165) is 25.0 Å². The van der Waals surface area contributed by atoms with Gasteiger partial charge in [-0.25, -0.2) is 0 Å². The second-order valence-electron chi connectivity index (χ2n) is 4.82. The monoisotopic (exact) mass is 288 g/mol. The molecule has 2 unspecified atom stereocenters. The molecule has 1 aliphatic rings. The van der Waals surface area contributed by atoms with E-state index in [9.17, 15) is 5.11 Å². The fourth-order valence-electron chi connectivity index (χ4n) is 2.33. The maximum Gasteiger partial charge on any atom is 0.0605 e. The van der Waals surface area contributed by atoms with Crippen LogP contribution in [-0.2, 0) is 11.2 Å². The Hall–Kier alpha value is -0.280.